The molecular formula is C24H37FO2. The van der Waals surface area contributed by atoms with E-state index in [0.717, 1.165) is 18.8 Å². The Morgan fingerprint density at radius 2 is 1.70 bits per heavy atom. The highest BCUT2D eigenvalue weighted by molar-refractivity contribution is 5.72. The Hall–Kier alpha value is -1.38. The third-order valence-electron chi connectivity index (χ3n) is 5.96. The summed E-state index contributed by atoms with van der Waals surface area (Å²) in [6.45, 7) is 4.28. The normalized spacial score (nSPS) is 19.8. The van der Waals surface area contributed by atoms with E-state index in [2.05, 4.69) is 6.92 Å². The molecule has 0 saturated heterocycles. The predicted octanol–water partition coefficient (Wildman–Crippen LogP) is 7.24. The van der Waals surface area contributed by atoms with Gasteiger partial charge in [0.2, 0.25) is 0 Å². The molecule has 3 heteroatoms. The first-order valence-electron chi connectivity index (χ1n) is 11.1. The van der Waals surface area contributed by atoms with E-state index in [9.17, 15) is 9.18 Å². The van der Waals surface area contributed by atoms with Crippen LogP contribution in [0, 0.1) is 17.7 Å². The van der Waals surface area contributed by atoms with Gasteiger partial charge in [0, 0.05) is 12.5 Å². The Morgan fingerprint density at radius 1 is 1.00 bits per heavy atom. The van der Waals surface area contributed by atoms with Crippen LogP contribution in [0.25, 0.3) is 0 Å². The van der Waals surface area contributed by atoms with Gasteiger partial charge in [-0.05, 0) is 36.3 Å². The van der Waals surface area contributed by atoms with Crippen molar-refractivity contribution < 1.29 is 13.9 Å². The predicted molar refractivity (Wildman–Crippen MR) is 109 cm³/mol. The summed E-state index contributed by atoms with van der Waals surface area (Å²) in [7, 11) is 0. The van der Waals surface area contributed by atoms with Crippen molar-refractivity contribution in [1.82, 2.24) is 0 Å². The van der Waals surface area contributed by atoms with Gasteiger partial charge in [0.25, 0.3) is 0 Å². The first-order valence-corrected chi connectivity index (χ1v) is 11.1. The smallest absolute Gasteiger partial charge is 0.311 e. The van der Waals surface area contributed by atoms with Crippen molar-refractivity contribution in [3.05, 3.63) is 29.6 Å². The Labute approximate surface area is 164 Å². The number of hydrogen-bond donors (Lipinski definition) is 0. The maximum atomic E-state index is 13.9. The zero-order valence-corrected chi connectivity index (χ0v) is 17.3. The zero-order valence-electron chi connectivity index (χ0n) is 17.3. The molecular weight excluding hydrogens is 339 g/mol. The molecule has 2 nitrogen and oxygen atoms in total. The van der Waals surface area contributed by atoms with E-state index >= 15 is 0 Å². The second kappa shape index (κ2) is 12.2. The lowest BCUT2D eigenvalue weighted by atomic mass is 9.78. The standard InChI is InChI=1S/C24H37FO2/c1-3-5-6-7-9-19-10-12-20(13-11-19)14-17-24(26)27-22-16-15-21(8-4-2)23(25)18-22/h15-16,18-20H,3-14,17H2,1-2H3. The largest absolute Gasteiger partial charge is 0.426 e. The molecule has 152 valence electrons. The summed E-state index contributed by atoms with van der Waals surface area (Å²) in [6, 6.07) is 4.77. The molecule has 0 bridgehead atoms. The summed E-state index contributed by atoms with van der Waals surface area (Å²) in [5.74, 6) is 1.36. The van der Waals surface area contributed by atoms with E-state index in [-0.39, 0.29) is 11.8 Å². The van der Waals surface area contributed by atoms with E-state index in [4.69, 9.17) is 4.74 Å². The Bertz CT molecular complexity index is 561. The van der Waals surface area contributed by atoms with Gasteiger partial charge in [-0.15, -0.1) is 0 Å². The molecule has 0 aromatic heterocycles. The summed E-state index contributed by atoms with van der Waals surface area (Å²) >= 11 is 0. The molecule has 1 fully saturated rings. The van der Waals surface area contributed by atoms with Gasteiger partial charge in [-0.25, -0.2) is 4.39 Å². The van der Waals surface area contributed by atoms with Crippen LogP contribution in [0.15, 0.2) is 18.2 Å². The summed E-state index contributed by atoms with van der Waals surface area (Å²) in [5.41, 5.74) is 0.684. The molecule has 1 saturated carbocycles. The minimum Gasteiger partial charge on any atom is -0.426 e. The number of benzene rings is 1. The SMILES string of the molecule is CCCCCCC1CCC(CCC(=O)Oc2ccc(CCC)c(F)c2)CC1. The second-order valence-corrected chi connectivity index (χ2v) is 8.25. The third kappa shape index (κ3) is 8.02. The molecule has 0 atom stereocenters. The topological polar surface area (TPSA) is 26.3 Å². The van der Waals surface area contributed by atoms with Gasteiger partial charge >= 0.3 is 5.97 Å². The average molecular weight is 377 g/mol. The van der Waals surface area contributed by atoms with Crippen molar-refractivity contribution in [1.29, 1.82) is 0 Å². The average Bonchev–Trinajstić information content (AvgIpc) is 2.67. The molecule has 27 heavy (non-hydrogen) atoms. The number of aryl methyl sites for hydroxylation is 1. The van der Waals surface area contributed by atoms with E-state index in [1.165, 1.54) is 63.9 Å². The van der Waals surface area contributed by atoms with Crippen LogP contribution in [0.4, 0.5) is 4.39 Å². The van der Waals surface area contributed by atoms with Crippen molar-refractivity contribution in [2.75, 3.05) is 0 Å². The highest BCUT2D eigenvalue weighted by Crippen LogP contribution is 2.34. The van der Waals surface area contributed by atoms with Crippen LogP contribution in [-0.2, 0) is 11.2 Å². The Kier molecular flexibility index (Phi) is 9.86. The fourth-order valence-corrected chi connectivity index (χ4v) is 4.24. The lowest BCUT2D eigenvalue weighted by Crippen LogP contribution is -2.17. The van der Waals surface area contributed by atoms with Crippen molar-refractivity contribution in [3.8, 4) is 5.75 Å². The van der Waals surface area contributed by atoms with Crippen LogP contribution in [0.1, 0.15) is 96.5 Å². The van der Waals surface area contributed by atoms with Gasteiger partial charge in [0.15, 0.2) is 0 Å². The monoisotopic (exact) mass is 376 g/mol. The van der Waals surface area contributed by atoms with Crippen LogP contribution in [-0.4, -0.2) is 5.97 Å². The third-order valence-corrected chi connectivity index (χ3v) is 5.96. The molecule has 0 heterocycles. The summed E-state index contributed by atoms with van der Waals surface area (Å²) in [5, 5.41) is 0. The van der Waals surface area contributed by atoms with Crippen LogP contribution in [0.5, 0.6) is 5.75 Å². The van der Waals surface area contributed by atoms with Gasteiger partial charge in [-0.1, -0.05) is 84.1 Å². The number of unbranched alkanes of at least 4 members (excludes halogenated alkanes) is 3. The first kappa shape index (κ1) is 21.9. The summed E-state index contributed by atoms with van der Waals surface area (Å²) < 4.78 is 19.3. The second-order valence-electron chi connectivity index (χ2n) is 8.25. The number of ether oxygens (including phenoxy) is 1. The Balaban J connectivity index is 1.64. The number of carbonyl (C=O) groups excluding carboxylic acids is 1. The highest BCUT2D eigenvalue weighted by Gasteiger charge is 2.21. The molecule has 0 aliphatic heterocycles. The number of rotatable bonds is 11. The van der Waals surface area contributed by atoms with Crippen LogP contribution >= 0.6 is 0 Å². The quantitative estimate of drug-likeness (QED) is 0.231. The first-order chi connectivity index (χ1) is 13.1. The molecule has 1 aromatic carbocycles. The lowest BCUT2D eigenvalue weighted by Gasteiger charge is -2.28. The zero-order chi connectivity index (χ0) is 19.5. The number of hydrogen-bond acceptors (Lipinski definition) is 2. The van der Waals surface area contributed by atoms with Crippen LogP contribution in [0.3, 0.4) is 0 Å². The molecule has 1 aliphatic rings. The highest BCUT2D eigenvalue weighted by atomic mass is 19.1. The molecule has 1 aromatic rings. The molecule has 2 rings (SSSR count). The minimum atomic E-state index is -0.278. The van der Waals surface area contributed by atoms with E-state index in [1.54, 1.807) is 12.1 Å². The maximum absolute atomic E-state index is 13.9. The molecule has 0 unspecified atom stereocenters. The lowest BCUT2D eigenvalue weighted by molar-refractivity contribution is -0.134. The van der Waals surface area contributed by atoms with E-state index < -0.39 is 0 Å². The number of halogens is 1. The fourth-order valence-electron chi connectivity index (χ4n) is 4.24. The van der Waals surface area contributed by atoms with Crippen LogP contribution in [0.2, 0.25) is 0 Å². The Morgan fingerprint density at radius 3 is 2.33 bits per heavy atom. The molecule has 0 spiro atoms. The molecule has 0 radical (unpaired) electrons. The van der Waals surface area contributed by atoms with E-state index in [0.29, 0.717) is 30.1 Å². The number of esters is 1. The van der Waals surface area contributed by atoms with Crippen molar-refractivity contribution in [3.63, 3.8) is 0 Å². The van der Waals surface area contributed by atoms with Crippen molar-refractivity contribution in [2.45, 2.75) is 97.3 Å². The number of carbonyl (C=O) groups is 1. The van der Waals surface area contributed by atoms with Gasteiger partial charge in [0.05, 0.1) is 0 Å². The van der Waals surface area contributed by atoms with Gasteiger partial charge in [0.1, 0.15) is 11.6 Å². The molecule has 1 aliphatic carbocycles. The summed E-state index contributed by atoms with van der Waals surface area (Å²) in [6.07, 6.45) is 14.9. The maximum Gasteiger partial charge on any atom is 0.311 e. The van der Waals surface area contributed by atoms with Crippen LogP contribution < -0.4 is 4.74 Å². The minimum absolute atomic E-state index is 0.237. The van der Waals surface area contributed by atoms with E-state index in [1.807, 2.05) is 6.92 Å². The van der Waals surface area contributed by atoms with Gasteiger partial charge < -0.3 is 4.74 Å². The van der Waals surface area contributed by atoms with Gasteiger partial charge in [-0.3, -0.25) is 4.79 Å². The van der Waals surface area contributed by atoms with Gasteiger partial charge in [-0.2, -0.15) is 0 Å². The molecule has 0 N–H and O–H groups in total. The van der Waals surface area contributed by atoms with Crippen molar-refractivity contribution in [2.24, 2.45) is 11.8 Å². The summed E-state index contributed by atoms with van der Waals surface area (Å²) in [4.78, 5) is 12.1. The van der Waals surface area contributed by atoms with Crippen molar-refractivity contribution >= 4 is 5.97 Å². The molecule has 0 amide bonds. The fraction of sp³-hybridized carbons (Fsp3) is 0.708.